The third-order valence-corrected chi connectivity index (χ3v) is 6.82. The van der Waals surface area contributed by atoms with Gasteiger partial charge in [0.25, 0.3) is 0 Å². The van der Waals surface area contributed by atoms with Crippen LogP contribution >= 0.6 is 11.3 Å². The molecule has 5 nitrogen and oxygen atoms in total. The van der Waals surface area contributed by atoms with Crippen molar-refractivity contribution in [3.05, 3.63) is 106 Å². The molecule has 3 heterocycles. The van der Waals surface area contributed by atoms with Crippen molar-refractivity contribution < 1.29 is 4.39 Å². The molecule has 0 saturated heterocycles. The molecule has 5 rings (SSSR count). The summed E-state index contributed by atoms with van der Waals surface area (Å²) in [5.74, 6) is 0.675. The van der Waals surface area contributed by atoms with E-state index in [0.29, 0.717) is 0 Å². The molecule has 0 fully saturated rings. The number of rotatable bonds is 7. The highest BCUT2D eigenvalue weighted by molar-refractivity contribution is 7.10. The SMILES string of the molecule is Fc1ccc(C2=CCN([C@@H](c3cccs3)c3nnnn3CCc3ccccc3)CC2)cc1. The van der Waals surface area contributed by atoms with Crippen LogP contribution in [-0.4, -0.2) is 38.2 Å². The van der Waals surface area contributed by atoms with Crippen molar-refractivity contribution in [3.8, 4) is 0 Å². The summed E-state index contributed by atoms with van der Waals surface area (Å²) in [6.45, 7) is 2.41. The van der Waals surface area contributed by atoms with Gasteiger partial charge in [-0.05, 0) is 63.5 Å². The highest BCUT2D eigenvalue weighted by Crippen LogP contribution is 2.34. The first-order valence-electron chi connectivity index (χ1n) is 10.8. The van der Waals surface area contributed by atoms with Crippen LogP contribution in [0.3, 0.4) is 0 Å². The van der Waals surface area contributed by atoms with Crippen molar-refractivity contribution in [1.29, 1.82) is 0 Å². The molecule has 1 aliphatic heterocycles. The van der Waals surface area contributed by atoms with Crippen LogP contribution in [0.4, 0.5) is 4.39 Å². The number of hydrogen-bond acceptors (Lipinski definition) is 5. The van der Waals surface area contributed by atoms with Crippen molar-refractivity contribution in [3.63, 3.8) is 0 Å². The van der Waals surface area contributed by atoms with Gasteiger partial charge in [0.2, 0.25) is 0 Å². The van der Waals surface area contributed by atoms with E-state index >= 15 is 0 Å². The van der Waals surface area contributed by atoms with Crippen molar-refractivity contribution in [2.24, 2.45) is 0 Å². The minimum Gasteiger partial charge on any atom is -0.285 e. The van der Waals surface area contributed by atoms with E-state index in [-0.39, 0.29) is 11.9 Å². The molecule has 0 radical (unpaired) electrons. The third-order valence-electron chi connectivity index (χ3n) is 5.89. The molecule has 0 amide bonds. The number of hydrogen-bond donors (Lipinski definition) is 0. The van der Waals surface area contributed by atoms with Crippen LogP contribution in [-0.2, 0) is 13.0 Å². The van der Waals surface area contributed by atoms with Gasteiger partial charge in [-0.1, -0.05) is 54.6 Å². The fourth-order valence-corrected chi connectivity index (χ4v) is 5.06. The number of aryl methyl sites for hydroxylation is 2. The predicted molar refractivity (Wildman–Crippen MR) is 125 cm³/mol. The standard InChI is InChI=1S/C25H24FN5S/c26-22-10-8-20(9-11-22)21-13-15-30(16-14-21)24(23-7-4-18-32-23)25-27-28-29-31(25)17-12-19-5-2-1-3-6-19/h1-11,13,18,24H,12,14-17H2/t24-/m0/s1. The van der Waals surface area contributed by atoms with E-state index < -0.39 is 0 Å². The summed E-state index contributed by atoms with van der Waals surface area (Å²) in [5.41, 5.74) is 3.62. The van der Waals surface area contributed by atoms with Gasteiger partial charge in [-0.25, -0.2) is 9.07 Å². The number of benzene rings is 2. The summed E-state index contributed by atoms with van der Waals surface area (Å²) in [4.78, 5) is 3.66. The number of tetrazole rings is 1. The lowest BCUT2D eigenvalue weighted by molar-refractivity contribution is 0.237. The van der Waals surface area contributed by atoms with Gasteiger partial charge in [-0.15, -0.1) is 16.4 Å². The molecule has 0 aliphatic carbocycles. The molecule has 162 valence electrons. The molecule has 0 N–H and O–H groups in total. The lowest BCUT2D eigenvalue weighted by atomic mass is 9.98. The Morgan fingerprint density at radius 2 is 1.84 bits per heavy atom. The van der Waals surface area contributed by atoms with E-state index in [0.717, 1.165) is 43.9 Å². The Labute approximate surface area is 190 Å². The largest absolute Gasteiger partial charge is 0.285 e. The summed E-state index contributed by atoms with van der Waals surface area (Å²) in [6.07, 6.45) is 4.03. The van der Waals surface area contributed by atoms with Gasteiger partial charge < -0.3 is 0 Å². The van der Waals surface area contributed by atoms with Gasteiger partial charge in [-0.2, -0.15) is 0 Å². The highest BCUT2D eigenvalue weighted by atomic mass is 32.1. The van der Waals surface area contributed by atoms with Crippen LogP contribution < -0.4 is 0 Å². The number of nitrogens with zero attached hydrogens (tertiary/aromatic N) is 5. The van der Waals surface area contributed by atoms with E-state index in [4.69, 9.17) is 0 Å². The highest BCUT2D eigenvalue weighted by Gasteiger charge is 2.29. The second-order valence-corrected chi connectivity index (χ2v) is 8.87. The second-order valence-electron chi connectivity index (χ2n) is 7.89. The minimum atomic E-state index is -0.202. The molecule has 4 aromatic rings. The van der Waals surface area contributed by atoms with Crippen LogP contribution in [0, 0.1) is 5.82 Å². The third kappa shape index (κ3) is 4.54. The fraction of sp³-hybridized carbons (Fsp3) is 0.240. The van der Waals surface area contributed by atoms with Gasteiger partial charge in [0.15, 0.2) is 5.82 Å². The first-order chi connectivity index (χ1) is 15.8. The Morgan fingerprint density at radius 1 is 1.00 bits per heavy atom. The zero-order valence-corrected chi connectivity index (χ0v) is 18.5. The first kappa shape index (κ1) is 20.7. The number of thiophene rings is 1. The molecule has 32 heavy (non-hydrogen) atoms. The molecule has 2 aromatic heterocycles. The normalized spacial score (nSPS) is 15.5. The lowest BCUT2D eigenvalue weighted by Gasteiger charge is -2.32. The molecule has 7 heteroatoms. The minimum absolute atomic E-state index is 0.00629. The fourth-order valence-electron chi connectivity index (χ4n) is 4.21. The monoisotopic (exact) mass is 445 g/mol. The molecule has 0 unspecified atom stereocenters. The summed E-state index contributed by atoms with van der Waals surface area (Å²) in [7, 11) is 0. The van der Waals surface area contributed by atoms with Crippen molar-refractivity contribution in [2.75, 3.05) is 13.1 Å². The van der Waals surface area contributed by atoms with Crippen molar-refractivity contribution in [2.45, 2.75) is 25.4 Å². The molecule has 0 spiro atoms. The van der Waals surface area contributed by atoms with Gasteiger partial charge in [0.1, 0.15) is 11.9 Å². The average molecular weight is 446 g/mol. The second kappa shape index (κ2) is 9.54. The van der Waals surface area contributed by atoms with Crippen molar-refractivity contribution in [1.82, 2.24) is 25.1 Å². The Hall–Kier alpha value is -3.16. The van der Waals surface area contributed by atoms with Crippen LogP contribution in [0.5, 0.6) is 0 Å². The Bertz CT molecular complexity index is 1170. The molecule has 1 atom stereocenters. The molecular weight excluding hydrogens is 421 g/mol. The lowest BCUT2D eigenvalue weighted by Crippen LogP contribution is -2.35. The zero-order valence-electron chi connectivity index (χ0n) is 17.6. The van der Waals surface area contributed by atoms with Crippen LogP contribution in [0.2, 0.25) is 0 Å². The summed E-state index contributed by atoms with van der Waals surface area (Å²) in [5, 5.41) is 14.9. The zero-order chi connectivity index (χ0) is 21.8. The van der Waals surface area contributed by atoms with Gasteiger partial charge in [0, 0.05) is 24.5 Å². The summed E-state index contributed by atoms with van der Waals surface area (Å²) >= 11 is 1.73. The number of aromatic nitrogens is 4. The van der Waals surface area contributed by atoms with E-state index in [1.54, 1.807) is 11.3 Å². The summed E-state index contributed by atoms with van der Waals surface area (Å²) in [6, 6.07) is 21.4. The van der Waals surface area contributed by atoms with Gasteiger partial charge in [0.05, 0.1) is 0 Å². The predicted octanol–water partition coefficient (Wildman–Crippen LogP) is 5.00. The maximum absolute atomic E-state index is 13.3. The average Bonchev–Trinajstić information content (AvgIpc) is 3.53. The Balaban J connectivity index is 1.38. The maximum Gasteiger partial charge on any atom is 0.173 e. The first-order valence-corrected chi connectivity index (χ1v) is 11.7. The molecule has 0 bridgehead atoms. The molecule has 1 aliphatic rings. The Kier molecular flexibility index (Phi) is 6.18. The van der Waals surface area contributed by atoms with E-state index in [9.17, 15) is 4.39 Å². The van der Waals surface area contributed by atoms with E-state index in [1.165, 1.54) is 28.1 Å². The molecule has 0 saturated carbocycles. The topological polar surface area (TPSA) is 46.8 Å². The van der Waals surface area contributed by atoms with Crippen LogP contribution in [0.25, 0.3) is 5.57 Å². The van der Waals surface area contributed by atoms with E-state index in [2.05, 4.69) is 68.3 Å². The molecular formula is C25H24FN5S. The van der Waals surface area contributed by atoms with Crippen LogP contribution in [0.1, 0.15) is 34.3 Å². The smallest absolute Gasteiger partial charge is 0.173 e. The van der Waals surface area contributed by atoms with E-state index in [1.807, 2.05) is 22.9 Å². The quantitative estimate of drug-likeness (QED) is 0.402. The Morgan fingerprint density at radius 3 is 2.56 bits per heavy atom. The van der Waals surface area contributed by atoms with Gasteiger partial charge in [-0.3, -0.25) is 4.90 Å². The number of halogens is 1. The maximum atomic E-state index is 13.3. The molecule has 2 aromatic carbocycles. The van der Waals surface area contributed by atoms with Gasteiger partial charge >= 0.3 is 0 Å². The van der Waals surface area contributed by atoms with Crippen LogP contribution in [0.15, 0.2) is 78.2 Å². The van der Waals surface area contributed by atoms with Crippen molar-refractivity contribution >= 4 is 16.9 Å². The summed E-state index contributed by atoms with van der Waals surface area (Å²) < 4.78 is 15.2.